The predicted octanol–water partition coefficient (Wildman–Crippen LogP) is 3.95. The Morgan fingerprint density at radius 1 is 0.565 bits per heavy atom. The van der Waals surface area contributed by atoms with Crippen LogP contribution in [0.25, 0.3) is 0 Å². The first kappa shape index (κ1) is 51.6. The van der Waals surface area contributed by atoms with Gasteiger partial charge >= 0.3 is 11.9 Å². The molecule has 2 aromatic carbocycles. The molecule has 0 aliphatic carbocycles. The minimum Gasteiger partial charge on any atom is -0.508 e. The molecule has 354 valence electrons. The van der Waals surface area contributed by atoms with Crippen LogP contribution >= 0.6 is 45.3 Å². The Labute approximate surface area is 407 Å². The number of carboxylic acids is 1. The maximum atomic E-state index is 12.9. The summed E-state index contributed by atoms with van der Waals surface area (Å²) in [6, 6.07) is 22.8. The maximum Gasteiger partial charge on any atom is 0.330 e. The van der Waals surface area contributed by atoms with Crippen LogP contribution in [0.15, 0.2) is 95.7 Å². The van der Waals surface area contributed by atoms with Gasteiger partial charge in [-0.3, -0.25) is 28.8 Å². The van der Waals surface area contributed by atoms with E-state index >= 15 is 0 Å². The number of carbonyl (C=O) groups is 8. The fourth-order valence-electron chi connectivity index (χ4n) is 5.74. The summed E-state index contributed by atoms with van der Waals surface area (Å²) in [7, 11) is 1.14. The highest BCUT2D eigenvalue weighted by molar-refractivity contribution is 7.16. The third-order valence-corrected chi connectivity index (χ3v) is 13.1. The Morgan fingerprint density at radius 2 is 0.986 bits per heavy atom. The topological polar surface area (TPSA) is 326 Å². The zero-order valence-electron chi connectivity index (χ0n) is 35.8. The average molecular weight is 1010 g/mol. The van der Waals surface area contributed by atoms with Gasteiger partial charge in [-0.25, -0.2) is 9.59 Å². The van der Waals surface area contributed by atoms with Crippen molar-refractivity contribution in [2.45, 2.75) is 25.2 Å². The molecule has 4 heterocycles. The molecule has 6 amide bonds. The Balaban J connectivity index is 0.000000258. The molecule has 24 heteroatoms. The zero-order chi connectivity index (χ0) is 50.0. The lowest BCUT2D eigenvalue weighted by Gasteiger charge is -2.16. The highest BCUT2D eigenvalue weighted by Crippen LogP contribution is 2.24. The summed E-state index contributed by atoms with van der Waals surface area (Å²) >= 11 is 3.93. The largest absolute Gasteiger partial charge is 0.508 e. The molecule has 0 saturated heterocycles. The molecule has 4 aromatic heterocycles. The number of phenols is 2. The number of amides is 6. The monoisotopic (exact) mass is 1010 g/mol. The Bertz CT molecular complexity index is 2940. The first-order valence-corrected chi connectivity index (χ1v) is 23.3. The van der Waals surface area contributed by atoms with Crippen molar-refractivity contribution in [3.63, 3.8) is 0 Å². The van der Waals surface area contributed by atoms with Gasteiger partial charge in [-0.05, 0) is 70.4 Å². The molecule has 0 bridgehead atoms. The number of aliphatic carboxylic acids is 1. The minimum atomic E-state index is -1.45. The van der Waals surface area contributed by atoms with Crippen LogP contribution in [-0.2, 0) is 27.4 Å². The number of hydrogen-bond donors (Lipinski definition) is 9. The van der Waals surface area contributed by atoms with E-state index in [1.54, 1.807) is 59.3 Å². The van der Waals surface area contributed by atoms with Crippen LogP contribution in [0.4, 0.5) is 0 Å². The summed E-state index contributed by atoms with van der Waals surface area (Å²) in [6.45, 7) is -0.371. The Hall–Kier alpha value is -8.42. The fraction of sp³-hybridized carbons (Fsp3) is 0.156. The van der Waals surface area contributed by atoms with E-state index in [-0.39, 0.29) is 68.3 Å². The third kappa shape index (κ3) is 14.8. The molecule has 0 spiro atoms. The zero-order valence-corrected chi connectivity index (χ0v) is 39.0. The average Bonchev–Trinajstić information content (AvgIpc) is 4.20. The number of nitrogens with zero attached hydrogens (tertiary/aromatic N) is 2. The molecule has 0 aliphatic heterocycles. The van der Waals surface area contributed by atoms with Crippen molar-refractivity contribution in [2.24, 2.45) is 0 Å². The molecule has 69 heavy (non-hydrogen) atoms. The van der Waals surface area contributed by atoms with Crippen LogP contribution in [0.3, 0.4) is 0 Å². The smallest absolute Gasteiger partial charge is 0.330 e. The summed E-state index contributed by atoms with van der Waals surface area (Å²) in [6.07, 6.45) is 0. The highest BCUT2D eigenvalue weighted by Gasteiger charge is 2.28. The number of ether oxygens (including phenoxy) is 1. The summed E-state index contributed by atoms with van der Waals surface area (Å²) in [5.41, 5.74) is 1.19. The van der Waals surface area contributed by atoms with Crippen molar-refractivity contribution >= 4 is 92.7 Å². The number of nitrogens with one attached hydrogen (secondary N) is 6. The first-order chi connectivity index (χ1) is 33.1. The number of thiophene rings is 4. The van der Waals surface area contributed by atoms with Crippen LogP contribution in [0.2, 0.25) is 0 Å². The van der Waals surface area contributed by atoms with E-state index in [9.17, 15) is 64.2 Å². The number of benzene rings is 2. The van der Waals surface area contributed by atoms with Crippen LogP contribution in [0, 0.1) is 22.7 Å². The second kappa shape index (κ2) is 24.9. The van der Waals surface area contributed by atoms with Gasteiger partial charge in [0.1, 0.15) is 45.5 Å². The number of nitriles is 2. The Morgan fingerprint density at radius 3 is 1.36 bits per heavy atom. The molecule has 6 aromatic rings. The van der Waals surface area contributed by atoms with E-state index in [4.69, 9.17) is 4.74 Å². The summed E-state index contributed by atoms with van der Waals surface area (Å²) in [4.78, 5) is 99.4. The fourth-order valence-corrected chi connectivity index (χ4v) is 8.88. The van der Waals surface area contributed by atoms with Crippen molar-refractivity contribution in [1.82, 2.24) is 31.9 Å². The number of rotatable bonds is 18. The predicted molar refractivity (Wildman–Crippen MR) is 252 cm³/mol. The van der Waals surface area contributed by atoms with Gasteiger partial charge in [0.05, 0.1) is 37.7 Å². The lowest BCUT2D eigenvalue weighted by Crippen LogP contribution is -2.48. The number of carbonyl (C=O) groups excluding carboxylic acids is 7. The van der Waals surface area contributed by atoms with Crippen LogP contribution in [0.1, 0.15) is 80.3 Å². The van der Waals surface area contributed by atoms with E-state index in [0.29, 0.717) is 20.9 Å². The number of carboxylic acid groups (broad SMARTS) is 1. The summed E-state index contributed by atoms with van der Waals surface area (Å²) < 4.78 is 4.71. The van der Waals surface area contributed by atoms with E-state index in [1.165, 1.54) is 59.1 Å². The molecule has 6 rings (SSSR count). The molecule has 0 saturated carbocycles. The number of esters is 1. The molecular formula is C45H38N8O12S4. The van der Waals surface area contributed by atoms with Crippen molar-refractivity contribution in [3.8, 4) is 23.6 Å². The molecule has 0 fully saturated rings. The van der Waals surface area contributed by atoms with Gasteiger partial charge in [-0.1, -0.05) is 36.4 Å². The molecule has 9 N–H and O–H groups in total. The maximum absolute atomic E-state index is 12.9. The SMILES string of the molecule is COC(=O)[C@H](CNC(=O)c1cccs1)NC(=O)c1sc(C(=O)NCc2cccc(O)c2)cc1C#N.N#Cc1cc(C(=O)NCc2cccc(O)c2)sc1C(=O)N[C@@H](CNC(=O)c1cccs1)C(=O)O. The van der Waals surface area contributed by atoms with Gasteiger partial charge < -0.3 is 52.0 Å². The highest BCUT2D eigenvalue weighted by atomic mass is 32.1. The molecule has 0 unspecified atom stereocenters. The molecule has 2 atom stereocenters. The Kier molecular flexibility index (Phi) is 18.6. The number of phenolic OH excluding ortho intramolecular Hbond substituents is 2. The van der Waals surface area contributed by atoms with Crippen molar-refractivity contribution in [3.05, 3.63) is 147 Å². The van der Waals surface area contributed by atoms with Gasteiger partial charge in [0.25, 0.3) is 35.4 Å². The van der Waals surface area contributed by atoms with Crippen LogP contribution < -0.4 is 31.9 Å². The first-order valence-electron chi connectivity index (χ1n) is 19.9. The van der Waals surface area contributed by atoms with Crippen molar-refractivity contribution < 1.29 is 58.4 Å². The van der Waals surface area contributed by atoms with Crippen LogP contribution in [-0.4, -0.2) is 95.0 Å². The summed E-state index contributed by atoms with van der Waals surface area (Å²) in [5.74, 6) is -5.62. The van der Waals surface area contributed by atoms with E-state index in [2.05, 4.69) is 31.9 Å². The number of aromatic hydroxyl groups is 2. The lowest BCUT2D eigenvalue weighted by molar-refractivity contribution is -0.142. The van der Waals surface area contributed by atoms with E-state index in [1.807, 2.05) is 12.1 Å². The third-order valence-electron chi connectivity index (χ3n) is 9.11. The normalized spacial score (nSPS) is 11.1. The van der Waals surface area contributed by atoms with E-state index in [0.717, 1.165) is 29.8 Å². The van der Waals surface area contributed by atoms with Gasteiger partial charge in [-0.2, -0.15) is 10.5 Å². The second-order valence-electron chi connectivity index (χ2n) is 13.9. The second-order valence-corrected chi connectivity index (χ2v) is 17.9. The number of hydrogen-bond acceptors (Lipinski definition) is 17. The quantitative estimate of drug-likeness (QED) is 0.0551. The van der Waals surface area contributed by atoms with Gasteiger partial charge in [0, 0.05) is 26.2 Å². The van der Waals surface area contributed by atoms with Gasteiger partial charge in [0.15, 0.2) is 0 Å². The minimum absolute atomic E-state index is 0.0405. The van der Waals surface area contributed by atoms with Crippen molar-refractivity contribution in [2.75, 3.05) is 20.2 Å². The molecule has 20 nitrogen and oxygen atoms in total. The van der Waals surface area contributed by atoms with E-state index < -0.39 is 59.5 Å². The molecule has 0 radical (unpaired) electrons. The van der Waals surface area contributed by atoms with Gasteiger partial charge in [0.2, 0.25) is 0 Å². The number of methoxy groups -OCH3 is 1. The van der Waals surface area contributed by atoms with Crippen LogP contribution in [0.5, 0.6) is 11.5 Å². The lowest BCUT2D eigenvalue weighted by atomic mass is 10.2. The molecule has 0 aliphatic rings. The van der Waals surface area contributed by atoms with Gasteiger partial charge in [-0.15, -0.1) is 45.3 Å². The summed E-state index contributed by atoms with van der Waals surface area (Å²) in [5, 5.41) is 65.7. The molecular weight excluding hydrogens is 973 g/mol. The van der Waals surface area contributed by atoms with Crippen molar-refractivity contribution in [1.29, 1.82) is 10.5 Å². The standard InChI is InChI=1S/C23H20N4O6S2.C22H18N4O6S2/c1-33-23(32)16(12-26-20(29)17-6-3-7-34-17)27-22(31)19-14(10-24)9-18(35-19)21(30)25-11-13-4-2-5-15(28)8-13;23-9-13-8-17(20(29)24-10-12-3-1-4-14(27)7-12)34-18(13)21(30)26-15(22(31)32)11-25-19(28)16-5-2-6-33-16/h2-9,16,28H,11-12H2,1H3,(H,25,30)(H,26,29)(H,27,31);1-8,15,27H,10-11H2,(H,24,29)(H,25,28)(H,26,30)(H,31,32)/t16-;15-/m00/s1.